The second kappa shape index (κ2) is 5.77. The van der Waals surface area contributed by atoms with Gasteiger partial charge < -0.3 is 4.84 Å². The number of amides is 1. The van der Waals surface area contributed by atoms with Crippen LogP contribution in [-0.2, 0) is 9.63 Å². The summed E-state index contributed by atoms with van der Waals surface area (Å²) in [6.07, 6.45) is 0. The number of nitrogens with zero attached hydrogens (tertiary/aromatic N) is 1. The van der Waals surface area contributed by atoms with Crippen molar-refractivity contribution in [2.75, 3.05) is 6.61 Å². The number of nitrogens with one attached hydrogen (secondary N) is 1. The average molecular weight is 208 g/mol. The van der Waals surface area contributed by atoms with Crippen LogP contribution in [0.3, 0.4) is 0 Å². The fourth-order valence-electron chi connectivity index (χ4n) is 1.00. The molecular formula is C10H12N2O3. The Morgan fingerprint density at radius 2 is 2.13 bits per heavy atom. The first-order valence-electron chi connectivity index (χ1n) is 4.49. The Kier molecular flexibility index (Phi) is 4.30. The molecule has 0 atom stereocenters. The highest BCUT2D eigenvalue weighted by molar-refractivity contribution is 6.44. The molecule has 0 aliphatic rings. The van der Waals surface area contributed by atoms with Crippen molar-refractivity contribution in [3.63, 3.8) is 0 Å². The standard InChI is InChI=1S/C10H12N2O3/c1-2-15-12-9(10(13)11-14)8-6-4-3-5-7-8/h3-7,14H,2H2,1H3,(H,11,13)/b12-9-. The summed E-state index contributed by atoms with van der Waals surface area (Å²) in [6, 6.07) is 8.75. The number of hydroxylamine groups is 1. The van der Waals surface area contributed by atoms with Crippen LogP contribution in [0.2, 0.25) is 0 Å². The lowest BCUT2D eigenvalue weighted by Gasteiger charge is -2.03. The highest BCUT2D eigenvalue weighted by atomic mass is 16.6. The highest BCUT2D eigenvalue weighted by Crippen LogP contribution is 2.02. The fourth-order valence-corrected chi connectivity index (χ4v) is 1.00. The lowest BCUT2D eigenvalue weighted by atomic mass is 10.1. The van der Waals surface area contributed by atoms with E-state index in [1.807, 2.05) is 6.07 Å². The summed E-state index contributed by atoms with van der Waals surface area (Å²) in [5.41, 5.74) is 2.15. The van der Waals surface area contributed by atoms with Crippen molar-refractivity contribution in [3.8, 4) is 0 Å². The quantitative estimate of drug-likeness (QED) is 0.439. The zero-order valence-electron chi connectivity index (χ0n) is 8.30. The van der Waals surface area contributed by atoms with Gasteiger partial charge in [0.25, 0.3) is 5.91 Å². The molecule has 5 nitrogen and oxygen atoms in total. The smallest absolute Gasteiger partial charge is 0.297 e. The van der Waals surface area contributed by atoms with E-state index in [1.54, 1.807) is 31.2 Å². The van der Waals surface area contributed by atoms with E-state index in [2.05, 4.69) is 5.16 Å². The van der Waals surface area contributed by atoms with Crippen LogP contribution in [0, 0.1) is 0 Å². The van der Waals surface area contributed by atoms with E-state index in [1.165, 1.54) is 5.48 Å². The molecular weight excluding hydrogens is 196 g/mol. The molecule has 1 rings (SSSR count). The van der Waals surface area contributed by atoms with Crippen molar-refractivity contribution in [1.29, 1.82) is 0 Å². The summed E-state index contributed by atoms with van der Waals surface area (Å²) < 4.78 is 0. The molecule has 0 saturated carbocycles. The minimum atomic E-state index is -0.699. The normalized spacial score (nSPS) is 10.9. The van der Waals surface area contributed by atoms with Crippen molar-refractivity contribution in [2.45, 2.75) is 6.92 Å². The number of rotatable bonds is 4. The van der Waals surface area contributed by atoms with Gasteiger partial charge in [0.15, 0.2) is 5.71 Å². The summed E-state index contributed by atoms with van der Waals surface area (Å²) in [4.78, 5) is 16.0. The van der Waals surface area contributed by atoms with Crippen LogP contribution in [0.25, 0.3) is 0 Å². The Hall–Kier alpha value is -1.88. The van der Waals surface area contributed by atoms with Crippen molar-refractivity contribution in [3.05, 3.63) is 35.9 Å². The van der Waals surface area contributed by atoms with Crippen LogP contribution >= 0.6 is 0 Å². The monoisotopic (exact) mass is 208 g/mol. The summed E-state index contributed by atoms with van der Waals surface area (Å²) in [5.74, 6) is -0.699. The Morgan fingerprint density at radius 1 is 1.47 bits per heavy atom. The van der Waals surface area contributed by atoms with E-state index < -0.39 is 5.91 Å². The molecule has 15 heavy (non-hydrogen) atoms. The van der Waals surface area contributed by atoms with E-state index in [0.717, 1.165) is 0 Å². The predicted octanol–water partition coefficient (Wildman–Crippen LogP) is 0.933. The summed E-state index contributed by atoms with van der Waals surface area (Å²) in [6.45, 7) is 2.11. The van der Waals surface area contributed by atoms with Crippen molar-refractivity contribution < 1.29 is 14.8 Å². The molecule has 0 aliphatic heterocycles. The first-order chi connectivity index (χ1) is 7.29. The van der Waals surface area contributed by atoms with Gasteiger partial charge in [0, 0.05) is 5.56 Å². The molecule has 0 radical (unpaired) electrons. The largest absolute Gasteiger partial charge is 0.395 e. The van der Waals surface area contributed by atoms with Crippen LogP contribution in [-0.4, -0.2) is 23.4 Å². The van der Waals surface area contributed by atoms with Gasteiger partial charge in [-0.3, -0.25) is 10.0 Å². The molecule has 0 saturated heterocycles. The summed E-state index contributed by atoms with van der Waals surface area (Å²) >= 11 is 0. The average Bonchev–Trinajstić information content (AvgIpc) is 2.30. The first-order valence-corrected chi connectivity index (χ1v) is 4.49. The van der Waals surface area contributed by atoms with Gasteiger partial charge in [0.2, 0.25) is 0 Å². The van der Waals surface area contributed by atoms with Crippen LogP contribution in [0.4, 0.5) is 0 Å². The number of carbonyl (C=O) groups is 1. The maximum absolute atomic E-state index is 11.2. The van der Waals surface area contributed by atoms with Gasteiger partial charge in [0.1, 0.15) is 6.61 Å². The molecule has 0 fully saturated rings. The van der Waals surface area contributed by atoms with E-state index in [-0.39, 0.29) is 5.71 Å². The maximum atomic E-state index is 11.2. The van der Waals surface area contributed by atoms with Crippen LogP contribution in [0.15, 0.2) is 35.5 Å². The van der Waals surface area contributed by atoms with Crippen molar-refractivity contribution in [1.82, 2.24) is 5.48 Å². The van der Waals surface area contributed by atoms with Crippen molar-refractivity contribution in [2.24, 2.45) is 5.16 Å². The molecule has 0 spiro atoms. The third-order valence-corrected chi connectivity index (χ3v) is 1.65. The van der Waals surface area contributed by atoms with Crippen molar-refractivity contribution >= 4 is 11.6 Å². The molecule has 80 valence electrons. The summed E-state index contributed by atoms with van der Waals surface area (Å²) in [5, 5.41) is 12.2. The van der Waals surface area contributed by atoms with Crippen LogP contribution in [0.1, 0.15) is 12.5 Å². The van der Waals surface area contributed by atoms with Gasteiger partial charge in [0.05, 0.1) is 0 Å². The van der Waals surface area contributed by atoms with E-state index >= 15 is 0 Å². The van der Waals surface area contributed by atoms with Gasteiger partial charge in [-0.15, -0.1) is 0 Å². The lowest BCUT2D eigenvalue weighted by Crippen LogP contribution is -2.29. The molecule has 1 aromatic rings. The Labute approximate surface area is 87.3 Å². The minimum Gasteiger partial charge on any atom is -0.395 e. The van der Waals surface area contributed by atoms with E-state index in [0.29, 0.717) is 12.2 Å². The van der Waals surface area contributed by atoms with Gasteiger partial charge in [-0.25, -0.2) is 5.48 Å². The molecule has 5 heteroatoms. The first kappa shape index (κ1) is 11.2. The van der Waals surface area contributed by atoms with Crippen LogP contribution < -0.4 is 5.48 Å². The number of carbonyl (C=O) groups excluding carboxylic acids is 1. The second-order valence-electron chi connectivity index (χ2n) is 2.66. The molecule has 0 heterocycles. The van der Waals surface area contributed by atoms with Crippen LogP contribution in [0.5, 0.6) is 0 Å². The maximum Gasteiger partial charge on any atom is 0.297 e. The minimum absolute atomic E-state index is 0.0416. The van der Waals surface area contributed by atoms with E-state index in [9.17, 15) is 4.79 Å². The Bertz CT molecular complexity index is 349. The van der Waals surface area contributed by atoms with Gasteiger partial charge in [-0.1, -0.05) is 35.5 Å². The fraction of sp³-hybridized carbons (Fsp3) is 0.200. The number of hydrogen-bond donors (Lipinski definition) is 2. The van der Waals surface area contributed by atoms with Gasteiger partial charge in [-0.2, -0.15) is 0 Å². The highest BCUT2D eigenvalue weighted by Gasteiger charge is 2.13. The molecule has 1 aromatic carbocycles. The zero-order valence-corrected chi connectivity index (χ0v) is 8.30. The third kappa shape index (κ3) is 3.07. The third-order valence-electron chi connectivity index (χ3n) is 1.65. The molecule has 0 aliphatic carbocycles. The molecule has 2 N–H and O–H groups in total. The Balaban J connectivity index is 2.96. The van der Waals surface area contributed by atoms with Gasteiger partial charge >= 0.3 is 0 Å². The molecule has 0 unspecified atom stereocenters. The topological polar surface area (TPSA) is 70.9 Å². The zero-order chi connectivity index (χ0) is 11.1. The molecule has 0 aromatic heterocycles. The second-order valence-corrected chi connectivity index (χ2v) is 2.66. The summed E-state index contributed by atoms with van der Waals surface area (Å²) in [7, 11) is 0. The molecule has 1 amide bonds. The number of benzene rings is 1. The van der Waals surface area contributed by atoms with E-state index in [4.69, 9.17) is 10.0 Å². The number of oxime groups is 1. The van der Waals surface area contributed by atoms with Gasteiger partial charge in [-0.05, 0) is 6.92 Å². The molecule has 0 bridgehead atoms. The lowest BCUT2D eigenvalue weighted by molar-refractivity contribution is -0.122. The Morgan fingerprint density at radius 3 is 2.67 bits per heavy atom. The SMILES string of the molecule is CCO/N=C(\C(=O)NO)c1ccccc1. The number of hydrogen-bond acceptors (Lipinski definition) is 4. The predicted molar refractivity (Wildman–Crippen MR) is 54.5 cm³/mol.